The second kappa shape index (κ2) is 13.5. The van der Waals surface area contributed by atoms with Crippen LogP contribution < -0.4 is 19.8 Å². The highest BCUT2D eigenvalue weighted by molar-refractivity contribution is 7.92. The summed E-state index contributed by atoms with van der Waals surface area (Å²) in [5, 5.41) is 7.01. The van der Waals surface area contributed by atoms with Crippen LogP contribution in [0, 0.1) is 0 Å². The van der Waals surface area contributed by atoms with E-state index < -0.39 is 22.5 Å². The molecule has 0 spiro atoms. The predicted molar refractivity (Wildman–Crippen MR) is 151 cm³/mol. The molecule has 2 N–H and O–H groups in total. The lowest BCUT2D eigenvalue weighted by atomic mass is 10.2. The molecule has 1 heterocycles. The van der Waals surface area contributed by atoms with Gasteiger partial charge in [-0.1, -0.05) is 29.8 Å². The third-order valence-corrected chi connectivity index (χ3v) is 7.47. The molecule has 0 aliphatic rings. The lowest BCUT2D eigenvalue weighted by Gasteiger charge is -2.23. The first-order valence-electron chi connectivity index (χ1n) is 12.0. The number of hydrogen-bond acceptors (Lipinski definition) is 7. The van der Waals surface area contributed by atoms with Crippen LogP contribution in [0.2, 0.25) is 5.02 Å². The van der Waals surface area contributed by atoms with E-state index in [1.54, 1.807) is 66.7 Å². The molecule has 0 saturated carbocycles. The number of benzene rings is 3. The average molecular weight is 581 g/mol. The van der Waals surface area contributed by atoms with Gasteiger partial charge in [0, 0.05) is 5.02 Å². The standard InChI is InChI=1S/C28H25ClN4O6S/c29-22-10-14-26(15-11-22)40(36,37)33(23-5-2-1-3-6-23)19-27(34)32-31-17-21-8-12-24(13-9-21)39-20-28(35)30-18-25-7-4-16-38-25/h1-17H,18-20H2,(H,30,35)(H,32,34)/b31-17-. The highest BCUT2D eigenvalue weighted by Crippen LogP contribution is 2.24. The minimum atomic E-state index is -4.06. The first kappa shape index (κ1) is 28.4. The minimum absolute atomic E-state index is 0.00522. The van der Waals surface area contributed by atoms with E-state index in [0.717, 1.165) is 4.31 Å². The lowest BCUT2D eigenvalue weighted by Crippen LogP contribution is -2.39. The predicted octanol–water partition coefficient (Wildman–Crippen LogP) is 3.97. The topological polar surface area (TPSA) is 130 Å². The van der Waals surface area contributed by atoms with E-state index in [4.69, 9.17) is 20.8 Å². The third-order valence-electron chi connectivity index (χ3n) is 5.43. The van der Waals surface area contributed by atoms with Gasteiger partial charge in [0.2, 0.25) is 0 Å². The van der Waals surface area contributed by atoms with E-state index in [0.29, 0.717) is 27.8 Å². The minimum Gasteiger partial charge on any atom is -0.484 e. The number of halogens is 1. The fourth-order valence-electron chi connectivity index (χ4n) is 3.44. The van der Waals surface area contributed by atoms with Gasteiger partial charge in [0.15, 0.2) is 6.61 Å². The van der Waals surface area contributed by atoms with Crippen LogP contribution in [0.4, 0.5) is 5.69 Å². The number of para-hydroxylation sites is 1. The molecule has 0 radical (unpaired) electrons. The summed E-state index contributed by atoms with van der Waals surface area (Å²) in [5.74, 6) is 0.172. The molecule has 206 valence electrons. The molecule has 10 nitrogen and oxygen atoms in total. The van der Waals surface area contributed by atoms with E-state index in [1.807, 2.05) is 0 Å². The number of nitrogens with one attached hydrogen (secondary N) is 2. The number of nitrogens with zero attached hydrogens (tertiary/aromatic N) is 2. The second-order valence-corrected chi connectivity index (χ2v) is 10.6. The summed E-state index contributed by atoms with van der Waals surface area (Å²) in [5.41, 5.74) is 3.32. The molecule has 40 heavy (non-hydrogen) atoms. The molecule has 0 atom stereocenters. The Bertz CT molecular complexity index is 1540. The van der Waals surface area contributed by atoms with Crippen LogP contribution in [-0.4, -0.2) is 39.6 Å². The summed E-state index contributed by atoms with van der Waals surface area (Å²) in [4.78, 5) is 24.6. The fraction of sp³-hybridized carbons (Fsp3) is 0.107. The number of carbonyl (C=O) groups excluding carboxylic acids is 2. The molecule has 0 aliphatic heterocycles. The van der Waals surface area contributed by atoms with Crippen molar-refractivity contribution in [3.05, 3.63) is 114 Å². The first-order valence-corrected chi connectivity index (χ1v) is 13.8. The van der Waals surface area contributed by atoms with Crippen LogP contribution in [0.25, 0.3) is 0 Å². The molecule has 1 aromatic heterocycles. The van der Waals surface area contributed by atoms with Crippen molar-refractivity contribution >= 4 is 45.3 Å². The van der Waals surface area contributed by atoms with Crippen LogP contribution in [0.5, 0.6) is 5.75 Å². The molecule has 4 aromatic rings. The van der Waals surface area contributed by atoms with Crippen molar-refractivity contribution < 1.29 is 27.2 Å². The van der Waals surface area contributed by atoms with Gasteiger partial charge >= 0.3 is 0 Å². The van der Waals surface area contributed by atoms with Gasteiger partial charge in [-0.2, -0.15) is 5.10 Å². The van der Waals surface area contributed by atoms with Gasteiger partial charge in [0.05, 0.1) is 29.6 Å². The zero-order chi connectivity index (χ0) is 28.4. The number of rotatable bonds is 12. The number of amides is 2. The van der Waals surface area contributed by atoms with Crippen molar-refractivity contribution in [2.45, 2.75) is 11.4 Å². The van der Waals surface area contributed by atoms with Gasteiger partial charge in [0.1, 0.15) is 18.1 Å². The van der Waals surface area contributed by atoms with Crippen molar-refractivity contribution in [1.82, 2.24) is 10.7 Å². The molecule has 0 fully saturated rings. The van der Waals surface area contributed by atoms with Crippen molar-refractivity contribution in [2.24, 2.45) is 5.10 Å². The van der Waals surface area contributed by atoms with Gasteiger partial charge in [0.25, 0.3) is 21.8 Å². The molecule has 2 amide bonds. The van der Waals surface area contributed by atoms with E-state index in [1.165, 1.54) is 36.7 Å². The molecule has 0 aliphatic carbocycles. The summed E-state index contributed by atoms with van der Waals surface area (Å²) in [6, 6.07) is 24.2. The van der Waals surface area contributed by atoms with E-state index in [9.17, 15) is 18.0 Å². The Balaban J connectivity index is 1.31. The number of anilines is 1. The maximum Gasteiger partial charge on any atom is 0.264 e. The number of sulfonamides is 1. The smallest absolute Gasteiger partial charge is 0.264 e. The molecule has 0 unspecified atom stereocenters. The fourth-order valence-corrected chi connectivity index (χ4v) is 4.98. The highest BCUT2D eigenvalue weighted by Gasteiger charge is 2.27. The van der Waals surface area contributed by atoms with Crippen LogP contribution in [0.3, 0.4) is 0 Å². The van der Waals surface area contributed by atoms with Gasteiger partial charge in [-0.25, -0.2) is 13.8 Å². The van der Waals surface area contributed by atoms with E-state index >= 15 is 0 Å². The molecule has 0 bridgehead atoms. The zero-order valence-corrected chi connectivity index (χ0v) is 22.6. The van der Waals surface area contributed by atoms with E-state index in [-0.39, 0.29) is 24.0 Å². The molecular formula is C28H25ClN4O6S. The normalized spacial score (nSPS) is 11.2. The molecule has 0 saturated heterocycles. The maximum atomic E-state index is 13.3. The third kappa shape index (κ3) is 7.95. The number of hydrazone groups is 1. The van der Waals surface area contributed by atoms with E-state index in [2.05, 4.69) is 15.8 Å². The van der Waals surface area contributed by atoms with Crippen molar-refractivity contribution in [3.63, 3.8) is 0 Å². The Morgan fingerprint density at radius 1 is 0.925 bits per heavy atom. The van der Waals surface area contributed by atoms with Crippen LogP contribution in [-0.2, 0) is 26.2 Å². The van der Waals surface area contributed by atoms with Crippen LogP contribution >= 0.6 is 11.6 Å². The lowest BCUT2D eigenvalue weighted by molar-refractivity contribution is -0.123. The average Bonchev–Trinajstić information content (AvgIpc) is 3.49. The van der Waals surface area contributed by atoms with Crippen molar-refractivity contribution in [1.29, 1.82) is 0 Å². The monoisotopic (exact) mass is 580 g/mol. The molecule has 12 heteroatoms. The van der Waals surface area contributed by atoms with Gasteiger partial charge in [-0.3, -0.25) is 13.9 Å². The number of furan rings is 1. The summed E-state index contributed by atoms with van der Waals surface area (Å²) in [6.45, 7) is -0.394. The second-order valence-electron chi connectivity index (χ2n) is 8.31. The van der Waals surface area contributed by atoms with Crippen molar-refractivity contribution in [3.8, 4) is 5.75 Å². The van der Waals surface area contributed by atoms with Crippen molar-refractivity contribution in [2.75, 3.05) is 17.5 Å². The summed E-state index contributed by atoms with van der Waals surface area (Å²) >= 11 is 5.90. The molecular weight excluding hydrogens is 556 g/mol. The number of hydrogen-bond donors (Lipinski definition) is 2. The number of ether oxygens (including phenoxy) is 1. The largest absolute Gasteiger partial charge is 0.484 e. The quantitative estimate of drug-likeness (QED) is 0.193. The van der Waals surface area contributed by atoms with Gasteiger partial charge in [-0.15, -0.1) is 0 Å². The zero-order valence-electron chi connectivity index (χ0n) is 21.1. The van der Waals surface area contributed by atoms with Crippen LogP contribution in [0.15, 0.2) is 112 Å². The summed E-state index contributed by atoms with van der Waals surface area (Å²) < 4.78 is 38.3. The van der Waals surface area contributed by atoms with Crippen LogP contribution in [0.1, 0.15) is 11.3 Å². The Morgan fingerprint density at radius 2 is 1.65 bits per heavy atom. The Hall–Kier alpha value is -4.61. The molecule has 4 rings (SSSR count). The Labute approximate surface area is 236 Å². The van der Waals surface area contributed by atoms with Gasteiger partial charge in [-0.05, 0) is 78.4 Å². The first-order chi connectivity index (χ1) is 19.3. The Kier molecular flexibility index (Phi) is 9.55. The summed E-state index contributed by atoms with van der Waals surface area (Å²) in [6.07, 6.45) is 2.93. The SMILES string of the molecule is O=C(COc1ccc(/C=N\NC(=O)CN(c2ccccc2)S(=O)(=O)c2ccc(Cl)cc2)cc1)NCc1ccco1. The highest BCUT2D eigenvalue weighted by atomic mass is 35.5. The Morgan fingerprint density at radius 3 is 2.33 bits per heavy atom. The summed E-state index contributed by atoms with van der Waals surface area (Å²) in [7, 11) is -4.06. The molecule has 3 aromatic carbocycles. The maximum absolute atomic E-state index is 13.3. The van der Waals surface area contributed by atoms with Gasteiger partial charge < -0.3 is 14.5 Å². The number of carbonyl (C=O) groups is 2.